The number of nitrogens with one attached hydrogen (secondary N) is 5. The number of nitrogens with zero attached hydrogens (tertiary/aromatic N) is 4. The van der Waals surface area contributed by atoms with Crippen LogP contribution in [-0.4, -0.2) is 140 Å². The van der Waals surface area contributed by atoms with Gasteiger partial charge in [-0.2, -0.15) is 0 Å². The Bertz CT molecular complexity index is 1980. The zero-order chi connectivity index (χ0) is 46.6. The van der Waals surface area contributed by atoms with E-state index in [0.29, 0.717) is 37.5 Å². The first-order valence-electron chi connectivity index (χ1n) is 24.3. The lowest BCUT2D eigenvalue weighted by atomic mass is 9.78. The molecule has 65 heavy (non-hydrogen) atoms. The topological polar surface area (TPSA) is 151 Å². The van der Waals surface area contributed by atoms with Crippen molar-refractivity contribution in [3.05, 3.63) is 76.6 Å². The van der Waals surface area contributed by atoms with Gasteiger partial charge in [-0.15, -0.1) is 11.3 Å². The van der Waals surface area contributed by atoms with E-state index in [-0.39, 0.29) is 41.1 Å². The van der Waals surface area contributed by atoms with E-state index in [1.165, 1.54) is 19.3 Å². The molecule has 1 aliphatic carbocycles. The van der Waals surface area contributed by atoms with Gasteiger partial charge >= 0.3 is 0 Å². The summed E-state index contributed by atoms with van der Waals surface area (Å²) in [6.45, 7) is 15.9. The third-order valence-electron chi connectivity index (χ3n) is 14.3. The van der Waals surface area contributed by atoms with Crippen molar-refractivity contribution in [3.8, 4) is 11.3 Å². The van der Waals surface area contributed by atoms with Crippen molar-refractivity contribution in [2.45, 2.75) is 128 Å². The maximum atomic E-state index is 14.5. The van der Waals surface area contributed by atoms with Crippen LogP contribution >= 0.6 is 11.3 Å². The molecular weight excluding hydrogens is 835 g/mol. The maximum Gasteiger partial charge on any atom is 0.251 e. The van der Waals surface area contributed by atoms with Crippen LogP contribution in [0.4, 0.5) is 0 Å². The van der Waals surface area contributed by atoms with Crippen LogP contribution in [0, 0.1) is 11.3 Å². The number of hydrogen-bond donors (Lipinski definition) is 5. The van der Waals surface area contributed by atoms with Crippen molar-refractivity contribution in [2.24, 2.45) is 11.3 Å². The van der Waals surface area contributed by atoms with Crippen molar-refractivity contribution >= 4 is 35.0 Å². The van der Waals surface area contributed by atoms with Crippen molar-refractivity contribution < 1.29 is 19.2 Å². The van der Waals surface area contributed by atoms with E-state index >= 15 is 0 Å². The summed E-state index contributed by atoms with van der Waals surface area (Å²) in [6, 6.07) is 17.9. The monoisotopic (exact) mass is 912 g/mol. The van der Waals surface area contributed by atoms with E-state index in [2.05, 4.69) is 67.9 Å². The van der Waals surface area contributed by atoms with Crippen LogP contribution in [0.2, 0.25) is 0 Å². The van der Waals surface area contributed by atoms with E-state index in [1.807, 2.05) is 69.3 Å². The van der Waals surface area contributed by atoms with Gasteiger partial charge in [-0.3, -0.25) is 19.2 Å². The Labute approximate surface area is 392 Å². The average molecular weight is 912 g/mol. The minimum atomic E-state index is -0.785. The van der Waals surface area contributed by atoms with Gasteiger partial charge in [0.1, 0.15) is 17.1 Å². The second kappa shape index (κ2) is 23.5. The number of aromatic nitrogens is 1. The van der Waals surface area contributed by atoms with Gasteiger partial charge in [-0.05, 0) is 96.1 Å². The number of rotatable bonds is 20. The number of piperidine rings is 1. The molecular formula is C51H77N9O4S. The molecule has 356 valence electrons. The molecule has 0 spiro atoms. The van der Waals surface area contributed by atoms with Gasteiger partial charge in [0.25, 0.3) is 5.91 Å². The average Bonchev–Trinajstić information content (AvgIpc) is 4.01. The Morgan fingerprint density at radius 1 is 0.938 bits per heavy atom. The molecule has 4 amide bonds. The SMILES string of the molecule is CC[C@@H](NC(=O)[C@@H]1C[C@H](NCCN(C)CCN2CCC(CNC(=O)c3ccccc3)(c3nc(-c4ccccc4)cs3)CC2)CN1C(=O)[C@@H](NC(=O)[C@H](C)NC)C(C)(C)C)C1CCCCC1. The highest BCUT2D eigenvalue weighted by Crippen LogP contribution is 2.39. The summed E-state index contributed by atoms with van der Waals surface area (Å²) in [7, 11) is 3.87. The lowest BCUT2D eigenvalue weighted by molar-refractivity contribution is -0.144. The largest absolute Gasteiger partial charge is 0.351 e. The zero-order valence-electron chi connectivity index (χ0n) is 40.2. The number of carbonyl (C=O) groups excluding carboxylic acids is 4. The van der Waals surface area contributed by atoms with Crippen LogP contribution < -0.4 is 26.6 Å². The smallest absolute Gasteiger partial charge is 0.251 e. The minimum absolute atomic E-state index is 0.0590. The number of benzene rings is 2. The van der Waals surface area contributed by atoms with Crippen LogP contribution in [0.5, 0.6) is 0 Å². The quantitative estimate of drug-likeness (QED) is 0.0966. The Hall–Kier alpha value is -4.21. The van der Waals surface area contributed by atoms with Gasteiger partial charge in [-0.25, -0.2) is 4.98 Å². The van der Waals surface area contributed by atoms with Crippen molar-refractivity contribution in [1.82, 2.24) is 46.3 Å². The highest BCUT2D eigenvalue weighted by Gasteiger charge is 2.46. The molecule has 3 heterocycles. The number of likely N-dealkylation sites (N-methyl/N-ethyl adjacent to an activating group) is 2. The van der Waals surface area contributed by atoms with Crippen LogP contribution in [-0.2, 0) is 19.8 Å². The predicted octanol–water partition coefficient (Wildman–Crippen LogP) is 5.68. The van der Waals surface area contributed by atoms with Gasteiger partial charge in [0, 0.05) is 73.3 Å². The van der Waals surface area contributed by atoms with Gasteiger partial charge in [0.2, 0.25) is 17.7 Å². The van der Waals surface area contributed by atoms with E-state index in [4.69, 9.17) is 4.98 Å². The van der Waals surface area contributed by atoms with E-state index in [9.17, 15) is 19.2 Å². The highest BCUT2D eigenvalue weighted by atomic mass is 32.1. The Morgan fingerprint density at radius 2 is 1.62 bits per heavy atom. The lowest BCUT2D eigenvalue weighted by Gasteiger charge is -2.41. The fraction of sp³-hybridized carbons (Fsp3) is 0.627. The summed E-state index contributed by atoms with van der Waals surface area (Å²) in [4.78, 5) is 66.9. The molecule has 3 aromatic rings. The molecule has 0 unspecified atom stereocenters. The van der Waals surface area contributed by atoms with Crippen LogP contribution in [0.25, 0.3) is 11.3 Å². The summed E-state index contributed by atoms with van der Waals surface area (Å²) >= 11 is 1.70. The molecule has 3 aliphatic rings. The molecule has 0 bridgehead atoms. The second-order valence-corrected chi connectivity index (χ2v) is 20.9. The summed E-state index contributed by atoms with van der Waals surface area (Å²) in [5, 5.41) is 19.6. The van der Waals surface area contributed by atoms with E-state index in [1.54, 1.807) is 30.2 Å². The normalized spacial score (nSPS) is 20.8. The van der Waals surface area contributed by atoms with Gasteiger partial charge in [0.05, 0.1) is 11.7 Å². The maximum absolute atomic E-state index is 14.5. The molecule has 5 atom stereocenters. The molecule has 0 radical (unpaired) electrons. The minimum Gasteiger partial charge on any atom is -0.351 e. The number of carbonyl (C=O) groups is 4. The number of hydrogen-bond acceptors (Lipinski definition) is 10. The van der Waals surface area contributed by atoms with Crippen LogP contribution in [0.1, 0.15) is 108 Å². The fourth-order valence-electron chi connectivity index (χ4n) is 9.81. The highest BCUT2D eigenvalue weighted by molar-refractivity contribution is 7.10. The molecule has 2 saturated heterocycles. The summed E-state index contributed by atoms with van der Waals surface area (Å²) < 4.78 is 0. The van der Waals surface area contributed by atoms with Gasteiger partial charge in [-0.1, -0.05) is 95.5 Å². The molecule has 2 aliphatic heterocycles. The third-order valence-corrected chi connectivity index (χ3v) is 15.4. The predicted molar refractivity (Wildman–Crippen MR) is 262 cm³/mol. The molecule has 2 aromatic carbocycles. The summed E-state index contributed by atoms with van der Waals surface area (Å²) in [5.41, 5.74) is 1.92. The molecule has 14 heteroatoms. The molecule has 13 nitrogen and oxygen atoms in total. The fourth-order valence-corrected chi connectivity index (χ4v) is 10.9. The second-order valence-electron chi connectivity index (χ2n) is 20.0. The standard InChI is InChI=1S/C51H77N9O4S/c1-8-41(37-18-12-9-13-19-37)55-47(63)43-32-40(33-60(43)48(64)44(50(3,4)5)57-45(61)36(2)52-6)53-26-29-58(7)30-31-59-27-24-51(25-28-59,35-54-46(62)39-22-16-11-17-23-39)49-56-42(34-65-49)38-20-14-10-15-21-38/h10-11,14-17,20-23,34,36-37,40-41,43-44,52-53H,8-9,12-13,18-19,24-33,35H2,1-7H3,(H,54,62)(H,55,63)(H,57,61)/t36-,40-,41+,43-,44+/m0/s1. The van der Waals surface area contributed by atoms with Crippen molar-refractivity contribution in [1.29, 1.82) is 0 Å². The lowest BCUT2D eigenvalue weighted by Crippen LogP contribution is -2.60. The van der Waals surface area contributed by atoms with Crippen LogP contribution in [0.15, 0.2) is 66.0 Å². The Balaban J connectivity index is 1.04. The third kappa shape index (κ3) is 13.5. The summed E-state index contributed by atoms with van der Waals surface area (Å²) in [6.07, 6.45) is 9.08. The molecule has 6 rings (SSSR count). The van der Waals surface area contributed by atoms with Gasteiger partial charge in [0.15, 0.2) is 0 Å². The Morgan fingerprint density at radius 3 is 2.26 bits per heavy atom. The number of amides is 4. The Kier molecular flexibility index (Phi) is 18.1. The number of likely N-dealkylation sites (tertiary alicyclic amines) is 2. The zero-order valence-corrected chi connectivity index (χ0v) is 41.0. The van der Waals surface area contributed by atoms with E-state index in [0.717, 1.165) is 81.1 Å². The van der Waals surface area contributed by atoms with Crippen molar-refractivity contribution in [3.63, 3.8) is 0 Å². The first kappa shape index (κ1) is 50.2. The molecule has 5 N–H and O–H groups in total. The summed E-state index contributed by atoms with van der Waals surface area (Å²) in [5.74, 6) is -0.137. The van der Waals surface area contributed by atoms with Gasteiger partial charge < -0.3 is 41.3 Å². The molecule has 1 saturated carbocycles. The molecule has 3 fully saturated rings. The first-order valence-corrected chi connectivity index (χ1v) is 25.2. The molecule has 1 aromatic heterocycles. The first-order chi connectivity index (χ1) is 31.2. The number of thiazole rings is 1. The van der Waals surface area contributed by atoms with Crippen LogP contribution in [0.3, 0.4) is 0 Å². The van der Waals surface area contributed by atoms with E-state index < -0.39 is 23.5 Å². The van der Waals surface area contributed by atoms with Crippen molar-refractivity contribution in [2.75, 3.05) is 66.5 Å².